The zero-order valence-electron chi connectivity index (χ0n) is 13.0. The monoisotopic (exact) mass is 320 g/mol. The van der Waals surface area contributed by atoms with Gasteiger partial charge in [0, 0.05) is 31.6 Å². The van der Waals surface area contributed by atoms with E-state index < -0.39 is 6.61 Å². The Morgan fingerprint density at radius 1 is 1.26 bits per heavy atom. The molecule has 1 N–H and O–H groups in total. The van der Waals surface area contributed by atoms with Crippen molar-refractivity contribution < 1.29 is 19.1 Å². The van der Waals surface area contributed by atoms with E-state index in [2.05, 4.69) is 0 Å². The summed E-state index contributed by atoms with van der Waals surface area (Å²) in [6, 6.07) is 6.33. The fourth-order valence-electron chi connectivity index (χ4n) is 3.74. The molecule has 6 heteroatoms. The highest BCUT2D eigenvalue weighted by molar-refractivity contribution is 5.80. The van der Waals surface area contributed by atoms with Crippen LogP contribution in [0.2, 0.25) is 0 Å². The number of amides is 2. The summed E-state index contributed by atoms with van der Waals surface area (Å²) in [5.41, 5.74) is 0.545. The van der Waals surface area contributed by atoms with Crippen LogP contribution in [0.25, 0.3) is 0 Å². The minimum atomic E-state index is -0.473. The predicted molar refractivity (Wildman–Crippen MR) is 81.8 cm³/mol. The molecular formula is C17H21FN2O3. The molecule has 0 unspecified atom stereocenters. The van der Waals surface area contributed by atoms with Crippen molar-refractivity contribution in [3.05, 3.63) is 35.6 Å². The minimum absolute atomic E-state index is 0.0937. The number of benzene rings is 1. The van der Waals surface area contributed by atoms with Gasteiger partial charge in [0.05, 0.1) is 0 Å². The van der Waals surface area contributed by atoms with E-state index in [4.69, 9.17) is 5.11 Å². The average Bonchev–Trinajstić information content (AvgIpc) is 2.85. The third-order valence-electron chi connectivity index (χ3n) is 5.09. The molecule has 1 aromatic carbocycles. The van der Waals surface area contributed by atoms with Gasteiger partial charge in [-0.1, -0.05) is 12.1 Å². The van der Waals surface area contributed by atoms with Crippen molar-refractivity contribution >= 4 is 11.8 Å². The number of hydrogen-bond donors (Lipinski definition) is 1. The van der Waals surface area contributed by atoms with Crippen molar-refractivity contribution in [2.75, 3.05) is 19.7 Å². The van der Waals surface area contributed by atoms with E-state index >= 15 is 0 Å². The SMILES string of the molecule is O=C(CO)N1CCC2(CCC(=O)N2Cc2cccc(F)c2)CC1. The fraction of sp³-hybridized carbons (Fsp3) is 0.529. The Kier molecular flexibility index (Phi) is 4.35. The summed E-state index contributed by atoms with van der Waals surface area (Å²) in [5.74, 6) is -0.469. The van der Waals surface area contributed by atoms with Gasteiger partial charge < -0.3 is 14.9 Å². The first kappa shape index (κ1) is 15.9. The third kappa shape index (κ3) is 3.08. The van der Waals surface area contributed by atoms with Crippen LogP contribution in [-0.2, 0) is 16.1 Å². The first-order valence-electron chi connectivity index (χ1n) is 7.98. The molecule has 2 fully saturated rings. The first-order chi connectivity index (χ1) is 11.0. The number of aliphatic hydroxyl groups is 1. The second kappa shape index (κ2) is 6.28. The van der Waals surface area contributed by atoms with Gasteiger partial charge in [-0.3, -0.25) is 9.59 Å². The number of carbonyl (C=O) groups is 2. The van der Waals surface area contributed by atoms with Gasteiger partial charge in [0.1, 0.15) is 12.4 Å². The van der Waals surface area contributed by atoms with Crippen molar-refractivity contribution in [3.63, 3.8) is 0 Å². The first-order valence-corrected chi connectivity index (χ1v) is 7.98. The lowest BCUT2D eigenvalue weighted by Gasteiger charge is -2.45. The highest BCUT2D eigenvalue weighted by Gasteiger charge is 2.47. The van der Waals surface area contributed by atoms with Crippen LogP contribution in [0.5, 0.6) is 0 Å². The molecule has 5 nitrogen and oxygen atoms in total. The van der Waals surface area contributed by atoms with Gasteiger partial charge in [-0.05, 0) is 37.0 Å². The zero-order valence-corrected chi connectivity index (χ0v) is 13.0. The Labute approximate surface area is 134 Å². The van der Waals surface area contributed by atoms with Crippen molar-refractivity contribution in [2.24, 2.45) is 0 Å². The molecule has 2 aliphatic heterocycles. The highest BCUT2D eigenvalue weighted by Crippen LogP contribution is 2.40. The van der Waals surface area contributed by atoms with Gasteiger partial charge in [-0.15, -0.1) is 0 Å². The summed E-state index contributed by atoms with van der Waals surface area (Å²) in [6.45, 7) is 1.03. The Morgan fingerprint density at radius 3 is 2.65 bits per heavy atom. The Bertz CT molecular complexity index is 612. The molecule has 2 heterocycles. The summed E-state index contributed by atoms with van der Waals surface area (Å²) in [5, 5.41) is 8.97. The maximum Gasteiger partial charge on any atom is 0.248 e. The number of hydrogen-bond acceptors (Lipinski definition) is 3. The number of likely N-dealkylation sites (tertiary alicyclic amines) is 2. The number of aliphatic hydroxyl groups excluding tert-OH is 1. The van der Waals surface area contributed by atoms with Crippen LogP contribution in [0.15, 0.2) is 24.3 Å². The second-order valence-electron chi connectivity index (χ2n) is 6.37. The number of nitrogens with zero attached hydrogens (tertiary/aromatic N) is 2. The van der Waals surface area contributed by atoms with Crippen LogP contribution in [0.1, 0.15) is 31.2 Å². The summed E-state index contributed by atoms with van der Waals surface area (Å²) in [7, 11) is 0. The molecule has 2 aliphatic rings. The van der Waals surface area contributed by atoms with E-state index in [9.17, 15) is 14.0 Å². The fourth-order valence-corrected chi connectivity index (χ4v) is 3.74. The van der Waals surface area contributed by atoms with E-state index in [-0.39, 0.29) is 23.2 Å². The Balaban J connectivity index is 1.74. The minimum Gasteiger partial charge on any atom is -0.387 e. The Hall–Kier alpha value is -1.95. The lowest BCUT2D eigenvalue weighted by molar-refractivity contribution is -0.139. The molecule has 1 spiro atoms. The third-order valence-corrected chi connectivity index (χ3v) is 5.09. The van der Waals surface area contributed by atoms with E-state index in [1.807, 2.05) is 11.0 Å². The number of halogens is 1. The van der Waals surface area contributed by atoms with Gasteiger partial charge in [0.25, 0.3) is 0 Å². The molecule has 2 saturated heterocycles. The summed E-state index contributed by atoms with van der Waals surface area (Å²) in [4.78, 5) is 27.4. The smallest absolute Gasteiger partial charge is 0.248 e. The van der Waals surface area contributed by atoms with Gasteiger partial charge in [-0.25, -0.2) is 4.39 Å². The zero-order chi connectivity index (χ0) is 16.4. The van der Waals surface area contributed by atoms with Crippen molar-refractivity contribution in [3.8, 4) is 0 Å². The van der Waals surface area contributed by atoms with Crippen LogP contribution in [-0.4, -0.2) is 52.0 Å². The van der Waals surface area contributed by atoms with Crippen LogP contribution < -0.4 is 0 Å². The molecule has 23 heavy (non-hydrogen) atoms. The van der Waals surface area contributed by atoms with E-state index in [1.54, 1.807) is 11.0 Å². The number of piperidine rings is 1. The number of carbonyl (C=O) groups excluding carboxylic acids is 2. The van der Waals surface area contributed by atoms with Gasteiger partial charge in [0.2, 0.25) is 11.8 Å². The van der Waals surface area contributed by atoms with Crippen molar-refractivity contribution in [2.45, 2.75) is 37.8 Å². The van der Waals surface area contributed by atoms with Crippen LogP contribution in [0, 0.1) is 5.82 Å². The quantitative estimate of drug-likeness (QED) is 0.913. The van der Waals surface area contributed by atoms with Gasteiger partial charge in [0.15, 0.2) is 0 Å². The number of rotatable bonds is 3. The highest BCUT2D eigenvalue weighted by atomic mass is 19.1. The molecular weight excluding hydrogens is 299 g/mol. The maximum absolute atomic E-state index is 13.4. The molecule has 0 bridgehead atoms. The molecule has 2 amide bonds. The summed E-state index contributed by atoms with van der Waals surface area (Å²) in [6.07, 6.45) is 2.70. The lowest BCUT2D eigenvalue weighted by Crippen LogP contribution is -2.54. The largest absolute Gasteiger partial charge is 0.387 e. The molecule has 0 saturated carbocycles. The standard InChI is InChI=1S/C17H21FN2O3/c18-14-3-1-2-13(10-14)11-20-15(22)4-5-17(20)6-8-19(9-7-17)16(23)12-21/h1-3,10,21H,4-9,11-12H2. The second-order valence-corrected chi connectivity index (χ2v) is 6.37. The molecule has 1 aromatic rings. The topological polar surface area (TPSA) is 60.9 Å². The van der Waals surface area contributed by atoms with Crippen molar-refractivity contribution in [1.29, 1.82) is 0 Å². The van der Waals surface area contributed by atoms with E-state index in [1.165, 1.54) is 12.1 Å². The molecule has 0 radical (unpaired) electrons. The normalized spacial score (nSPS) is 20.3. The molecule has 0 aliphatic carbocycles. The molecule has 0 atom stereocenters. The molecule has 124 valence electrons. The summed E-state index contributed by atoms with van der Waals surface area (Å²) >= 11 is 0. The molecule has 0 aromatic heterocycles. The average molecular weight is 320 g/mol. The summed E-state index contributed by atoms with van der Waals surface area (Å²) < 4.78 is 13.4. The molecule has 3 rings (SSSR count). The maximum atomic E-state index is 13.4. The lowest BCUT2D eigenvalue weighted by atomic mass is 9.84. The van der Waals surface area contributed by atoms with Crippen LogP contribution in [0.3, 0.4) is 0 Å². The predicted octanol–water partition coefficient (Wildman–Crippen LogP) is 1.30. The van der Waals surface area contributed by atoms with Crippen molar-refractivity contribution in [1.82, 2.24) is 9.80 Å². The van der Waals surface area contributed by atoms with Crippen LogP contribution in [0.4, 0.5) is 4.39 Å². The van der Waals surface area contributed by atoms with Crippen LogP contribution >= 0.6 is 0 Å². The van der Waals surface area contributed by atoms with E-state index in [0.717, 1.165) is 12.0 Å². The van der Waals surface area contributed by atoms with Gasteiger partial charge in [-0.2, -0.15) is 0 Å². The van der Waals surface area contributed by atoms with Gasteiger partial charge >= 0.3 is 0 Å². The Morgan fingerprint density at radius 2 is 2.00 bits per heavy atom. The van der Waals surface area contributed by atoms with E-state index in [0.29, 0.717) is 38.9 Å².